The van der Waals surface area contributed by atoms with E-state index in [1.807, 2.05) is 31.2 Å². The highest BCUT2D eigenvalue weighted by atomic mass is 79.9. The second-order valence-electron chi connectivity index (χ2n) is 6.19. The Morgan fingerprint density at radius 1 is 1.25 bits per heavy atom. The summed E-state index contributed by atoms with van der Waals surface area (Å²) < 4.78 is 3.04. The van der Waals surface area contributed by atoms with Crippen molar-refractivity contribution in [1.82, 2.24) is 19.7 Å². The van der Waals surface area contributed by atoms with Crippen LogP contribution in [0.3, 0.4) is 0 Å². The maximum Gasteiger partial charge on any atom is 0.159 e. The van der Waals surface area contributed by atoms with E-state index in [0.29, 0.717) is 19.6 Å². The minimum Gasteiger partial charge on any atom is -0.396 e. The zero-order chi connectivity index (χ0) is 19.3. The van der Waals surface area contributed by atoms with E-state index in [1.54, 1.807) is 12.4 Å². The smallest absolute Gasteiger partial charge is 0.159 e. The Balaban J connectivity index is 1.74. The molecule has 0 saturated heterocycles. The van der Waals surface area contributed by atoms with Gasteiger partial charge < -0.3 is 4.84 Å². The largest absolute Gasteiger partial charge is 0.396 e. The topological polar surface area (TPSA) is 77.5 Å². The van der Waals surface area contributed by atoms with Crippen LogP contribution in [0, 0.1) is 0 Å². The summed E-state index contributed by atoms with van der Waals surface area (Å²) in [4.78, 5) is 14.6. The number of nitrogens with zero attached hydrogens (tertiary/aromatic N) is 6. The zero-order valence-corrected chi connectivity index (χ0v) is 17.0. The molecule has 1 aliphatic heterocycles. The Kier molecular flexibility index (Phi) is 5.57. The SMILES string of the molecule is CCC=NOCCc1nnc2n1-c1ccc(Br)cc1C(c1ccccn1)=NC2. The van der Waals surface area contributed by atoms with Crippen molar-refractivity contribution in [2.75, 3.05) is 6.61 Å². The van der Waals surface area contributed by atoms with Crippen LogP contribution in [-0.2, 0) is 17.8 Å². The average molecular weight is 439 g/mol. The van der Waals surface area contributed by atoms with Gasteiger partial charge in [-0.25, -0.2) is 0 Å². The number of rotatable bonds is 6. The minimum absolute atomic E-state index is 0.431. The lowest BCUT2D eigenvalue weighted by Crippen LogP contribution is -2.11. The molecule has 0 spiro atoms. The lowest BCUT2D eigenvalue weighted by atomic mass is 10.0. The zero-order valence-electron chi connectivity index (χ0n) is 15.4. The first-order valence-corrected chi connectivity index (χ1v) is 9.90. The standard InChI is InChI=1S/C20H19BrN6O/c1-2-9-24-28-11-8-18-25-26-19-13-23-20(16-5-3-4-10-22-16)15-12-14(21)6-7-17(15)27(18)19/h3-7,9-10,12H,2,8,11,13H2,1H3. The van der Waals surface area contributed by atoms with Gasteiger partial charge in [-0.3, -0.25) is 14.5 Å². The molecule has 4 rings (SSSR count). The van der Waals surface area contributed by atoms with E-state index in [9.17, 15) is 0 Å². The highest BCUT2D eigenvalue weighted by Crippen LogP contribution is 2.28. The number of fused-ring (bicyclic) bond motifs is 3. The molecule has 28 heavy (non-hydrogen) atoms. The number of aromatic nitrogens is 4. The predicted octanol–water partition coefficient (Wildman–Crippen LogP) is 3.73. The fourth-order valence-electron chi connectivity index (χ4n) is 3.06. The van der Waals surface area contributed by atoms with Gasteiger partial charge in [-0.05, 0) is 36.8 Å². The van der Waals surface area contributed by atoms with Crippen molar-refractivity contribution in [3.8, 4) is 5.69 Å². The summed E-state index contributed by atoms with van der Waals surface area (Å²) in [6, 6.07) is 12.0. The molecule has 1 aromatic carbocycles. The highest BCUT2D eigenvalue weighted by molar-refractivity contribution is 9.10. The lowest BCUT2D eigenvalue weighted by Gasteiger charge is -2.13. The van der Waals surface area contributed by atoms with Gasteiger partial charge in [0.05, 0.1) is 17.1 Å². The Labute approximate surface area is 171 Å². The molecule has 0 saturated carbocycles. The molecule has 0 bridgehead atoms. The van der Waals surface area contributed by atoms with Crippen LogP contribution >= 0.6 is 15.9 Å². The molecular formula is C20H19BrN6O. The van der Waals surface area contributed by atoms with Gasteiger partial charge in [0.2, 0.25) is 0 Å². The molecule has 0 amide bonds. The second kappa shape index (κ2) is 8.43. The van der Waals surface area contributed by atoms with E-state index in [4.69, 9.17) is 9.83 Å². The van der Waals surface area contributed by atoms with Crippen molar-refractivity contribution in [1.29, 1.82) is 0 Å². The number of aliphatic imine (C=N–C) groups is 1. The molecule has 8 heteroatoms. The molecule has 2 aromatic heterocycles. The van der Waals surface area contributed by atoms with E-state index >= 15 is 0 Å². The summed E-state index contributed by atoms with van der Waals surface area (Å²) in [5, 5.41) is 12.6. The summed E-state index contributed by atoms with van der Waals surface area (Å²) in [5.41, 5.74) is 3.64. The van der Waals surface area contributed by atoms with Crippen molar-refractivity contribution in [3.63, 3.8) is 0 Å². The Hall–Kier alpha value is -2.87. The van der Waals surface area contributed by atoms with E-state index in [-0.39, 0.29) is 0 Å². The fourth-order valence-corrected chi connectivity index (χ4v) is 3.42. The Morgan fingerprint density at radius 3 is 3.00 bits per heavy atom. The molecule has 0 unspecified atom stereocenters. The predicted molar refractivity (Wildman–Crippen MR) is 111 cm³/mol. The summed E-state index contributed by atoms with van der Waals surface area (Å²) in [6.45, 7) is 2.88. The van der Waals surface area contributed by atoms with Gasteiger partial charge in [-0.1, -0.05) is 34.1 Å². The van der Waals surface area contributed by atoms with Crippen LogP contribution in [0.1, 0.15) is 36.3 Å². The number of hydrogen-bond acceptors (Lipinski definition) is 6. The molecule has 1 aliphatic rings. The van der Waals surface area contributed by atoms with E-state index in [1.165, 1.54) is 0 Å². The van der Waals surface area contributed by atoms with Crippen molar-refractivity contribution in [3.05, 3.63) is 70.0 Å². The van der Waals surface area contributed by atoms with Crippen molar-refractivity contribution in [2.45, 2.75) is 26.3 Å². The van der Waals surface area contributed by atoms with Gasteiger partial charge in [-0.2, -0.15) is 0 Å². The third-order valence-electron chi connectivity index (χ3n) is 4.29. The Bertz CT molecular complexity index is 1030. The summed E-state index contributed by atoms with van der Waals surface area (Å²) in [5.74, 6) is 1.62. The minimum atomic E-state index is 0.431. The van der Waals surface area contributed by atoms with Gasteiger partial charge in [-0.15, -0.1) is 10.2 Å². The summed E-state index contributed by atoms with van der Waals surface area (Å²) in [7, 11) is 0. The number of benzene rings is 1. The molecule has 0 fully saturated rings. The molecule has 0 atom stereocenters. The van der Waals surface area contributed by atoms with Gasteiger partial charge in [0.15, 0.2) is 5.82 Å². The monoisotopic (exact) mass is 438 g/mol. The second-order valence-corrected chi connectivity index (χ2v) is 7.10. The molecule has 0 N–H and O–H groups in total. The van der Waals surface area contributed by atoms with E-state index in [0.717, 1.165) is 45.2 Å². The molecule has 142 valence electrons. The van der Waals surface area contributed by atoms with Crippen molar-refractivity contribution < 1.29 is 4.84 Å². The molecule has 3 heterocycles. The first-order chi connectivity index (χ1) is 13.8. The quantitative estimate of drug-likeness (QED) is 0.333. The molecule has 3 aromatic rings. The Morgan fingerprint density at radius 2 is 2.18 bits per heavy atom. The van der Waals surface area contributed by atoms with E-state index in [2.05, 4.69) is 53.0 Å². The normalized spacial score (nSPS) is 13.0. The van der Waals surface area contributed by atoms with Crippen molar-refractivity contribution >= 4 is 27.9 Å². The lowest BCUT2D eigenvalue weighted by molar-refractivity contribution is 0.147. The van der Waals surface area contributed by atoms with Crippen LogP contribution in [0.2, 0.25) is 0 Å². The average Bonchev–Trinajstić information content (AvgIpc) is 3.04. The molecular weight excluding hydrogens is 420 g/mol. The van der Waals surface area contributed by atoms with Crippen LogP contribution in [0.5, 0.6) is 0 Å². The number of halogens is 1. The van der Waals surface area contributed by atoms with Crippen LogP contribution < -0.4 is 0 Å². The fraction of sp³-hybridized carbons (Fsp3) is 0.250. The van der Waals surface area contributed by atoms with E-state index < -0.39 is 0 Å². The first-order valence-electron chi connectivity index (χ1n) is 9.11. The molecule has 7 nitrogen and oxygen atoms in total. The maximum atomic E-state index is 5.31. The van der Waals surface area contributed by atoms with Gasteiger partial charge in [0, 0.05) is 28.9 Å². The van der Waals surface area contributed by atoms with Gasteiger partial charge in [0.1, 0.15) is 19.0 Å². The summed E-state index contributed by atoms with van der Waals surface area (Å²) in [6.07, 6.45) is 4.96. The van der Waals surface area contributed by atoms with Crippen LogP contribution in [0.4, 0.5) is 0 Å². The number of pyridine rings is 1. The third kappa shape index (κ3) is 3.73. The third-order valence-corrected chi connectivity index (χ3v) is 4.78. The van der Waals surface area contributed by atoms with Crippen LogP contribution in [0.15, 0.2) is 57.2 Å². The first kappa shape index (κ1) is 18.5. The summed E-state index contributed by atoms with van der Waals surface area (Å²) >= 11 is 3.58. The van der Waals surface area contributed by atoms with Crippen molar-refractivity contribution in [2.24, 2.45) is 10.1 Å². The molecule has 0 radical (unpaired) electrons. The highest BCUT2D eigenvalue weighted by Gasteiger charge is 2.23. The molecule has 0 aliphatic carbocycles. The van der Waals surface area contributed by atoms with Crippen LogP contribution in [-0.4, -0.2) is 38.3 Å². The van der Waals surface area contributed by atoms with Crippen LogP contribution in [0.25, 0.3) is 5.69 Å². The van der Waals surface area contributed by atoms with Gasteiger partial charge in [0.25, 0.3) is 0 Å². The van der Waals surface area contributed by atoms with Gasteiger partial charge >= 0.3 is 0 Å². The number of hydrogen-bond donors (Lipinski definition) is 0. The number of oxime groups is 1. The maximum absolute atomic E-state index is 5.31.